The highest BCUT2D eigenvalue weighted by molar-refractivity contribution is 6.30. The van der Waals surface area contributed by atoms with Gasteiger partial charge in [-0.1, -0.05) is 78.9 Å². The molecule has 10 aromatic rings. The van der Waals surface area contributed by atoms with Crippen molar-refractivity contribution >= 4 is 71.1 Å². The molecule has 0 atom stereocenters. The lowest BCUT2D eigenvalue weighted by Gasteiger charge is -2.14. The van der Waals surface area contributed by atoms with E-state index in [0.717, 1.165) is 44.3 Å². The summed E-state index contributed by atoms with van der Waals surface area (Å²) in [6.45, 7) is 0. The average Bonchev–Trinajstić information content (AvgIpc) is 3.78. The van der Waals surface area contributed by atoms with Gasteiger partial charge in [-0.2, -0.15) is 0 Å². The molecule has 5 nitrogen and oxygen atoms in total. The molecule has 0 radical (unpaired) electrons. The first-order valence-corrected chi connectivity index (χ1v) is 14.5. The molecule has 0 bridgehead atoms. The predicted molar refractivity (Wildman–Crippen MR) is 177 cm³/mol. The second-order valence-corrected chi connectivity index (χ2v) is 11.1. The van der Waals surface area contributed by atoms with E-state index in [2.05, 4.69) is 129 Å². The Hall–Kier alpha value is -5.94. The largest absolute Gasteiger partial charge is 0.307 e. The number of hydrogen-bond acceptors (Lipinski definition) is 2. The van der Waals surface area contributed by atoms with E-state index in [4.69, 9.17) is 9.97 Å². The monoisotopic (exact) mass is 549 g/mol. The number of fused-ring (bicyclic) bond motifs is 14. The number of rotatable bonds is 2. The summed E-state index contributed by atoms with van der Waals surface area (Å²) in [7, 11) is 0. The molecule has 10 rings (SSSR count). The van der Waals surface area contributed by atoms with Crippen LogP contribution in [-0.2, 0) is 0 Å². The van der Waals surface area contributed by atoms with Gasteiger partial charge >= 0.3 is 0 Å². The van der Waals surface area contributed by atoms with Gasteiger partial charge in [-0.15, -0.1) is 0 Å². The number of imidazole rings is 1. The van der Waals surface area contributed by atoms with E-state index in [-0.39, 0.29) is 0 Å². The van der Waals surface area contributed by atoms with Crippen molar-refractivity contribution in [1.29, 1.82) is 0 Å². The van der Waals surface area contributed by atoms with Crippen molar-refractivity contribution < 1.29 is 0 Å². The fourth-order valence-electron chi connectivity index (χ4n) is 7.23. The molecule has 5 aromatic carbocycles. The van der Waals surface area contributed by atoms with Gasteiger partial charge in [0.1, 0.15) is 11.3 Å². The Kier molecular flexibility index (Phi) is 4.39. The number of para-hydroxylation sites is 3. The summed E-state index contributed by atoms with van der Waals surface area (Å²) in [4.78, 5) is 9.68. The molecule has 43 heavy (non-hydrogen) atoms. The minimum absolute atomic E-state index is 0.909. The standard InChI is InChI=1S/C38H23N5/c1-3-10-24(11-4-1)42-32-16-8-7-14-26(32)28-19-20-30-29-18-17-27-31-15-9-21-39-37(31)41-23-22-40-38(41)33(27)34(29)43(36(30)35(28)42)25-12-5-2-6-13-25/h1-23H. The Morgan fingerprint density at radius 1 is 0.395 bits per heavy atom. The van der Waals surface area contributed by atoms with E-state index in [1.165, 1.54) is 38.1 Å². The van der Waals surface area contributed by atoms with Gasteiger partial charge in [-0.3, -0.25) is 4.40 Å². The average molecular weight is 550 g/mol. The van der Waals surface area contributed by atoms with Crippen molar-refractivity contribution in [3.63, 3.8) is 0 Å². The minimum Gasteiger partial charge on any atom is -0.307 e. The van der Waals surface area contributed by atoms with Gasteiger partial charge in [-0.25, -0.2) is 9.97 Å². The fraction of sp³-hybridized carbons (Fsp3) is 0. The zero-order valence-electron chi connectivity index (χ0n) is 23.0. The third-order valence-electron chi connectivity index (χ3n) is 8.92. The highest BCUT2D eigenvalue weighted by Crippen LogP contribution is 2.44. The van der Waals surface area contributed by atoms with Crippen molar-refractivity contribution in [2.75, 3.05) is 0 Å². The first-order chi connectivity index (χ1) is 21.4. The van der Waals surface area contributed by atoms with E-state index < -0.39 is 0 Å². The van der Waals surface area contributed by atoms with Crippen LogP contribution in [-0.4, -0.2) is 23.5 Å². The summed E-state index contributed by atoms with van der Waals surface area (Å²) in [6.07, 6.45) is 5.75. The molecule has 5 heteroatoms. The van der Waals surface area contributed by atoms with Crippen LogP contribution in [0.1, 0.15) is 0 Å². The van der Waals surface area contributed by atoms with Crippen molar-refractivity contribution in [2.24, 2.45) is 0 Å². The SMILES string of the molecule is c1ccc(-n2c3ccccc3c3ccc4c5ccc6c7cccnc7n7ccnc7c6c5n(-c5ccccc5)c4c32)cc1. The number of benzene rings is 5. The van der Waals surface area contributed by atoms with Crippen molar-refractivity contribution in [3.8, 4) is 11.4 Å². The molecule has 0 amide bonds. The van der Waals surface area contributed by atoms with Crippen molar-refractivity contribution in [2.45, 2.75) is 0 Å². The van der Waals surface area contributed by atoms with Gasteiger partial charge in [-0.05, 0) is 47.9 Å². The van der Waals surface area contributed by atoms with Crippen molar-refractivity contribution in [3.05, 3.63) is 140 Å². The smallest absolute Gasteiger partial charge is 0.148 e. The molecule has 0 saturated carbocycles. The highest BCUT2D eigenvalue weighted by Gasteiger charge is 2.24. The zero-order valence-corrected chi connectivity index (χ0v) is 23.0. The Labute approximate surface area is 245 Å². The van der Waals surface area contributed by atoms with Crippen LogP contribution in [0.15, 0.2) is 140 Å². The molecule has 0 N–H and O–H groups in total. The number of hydrogen-bond donors (Lipinski definition) is 0. The molecule has 0 saturated heterocycles. The van der Waals surface area contributed by atoms with Crippen molar-refractivity contribution in [1.82, 2.24) is 23.5 Å². The van der Waals surface area contributed by atoms with E-state index >= 15 is 0 Å². The summed E-state index contributed by atoms with van der Waals surface area (Å²) in [6, 6.07) is 43.5. The third-order valence-corrected chi connectivity index (χ3v) is 8.92. The topological polar surface area (TPSA) is 40.1 Å². The Bertz CT molecular complexity index is 2710. The molecular formula is C38H23N5. The van der Waals surface area contributed by atoms with E-state index in [1.54, 1.807) is 0 Å². The number of pyridine rings is 2. The van der Waals surface area contributed by atoms with Crippen LogP contribution in [0.25, 0.3) is 82.4 Å². The molecule has 0 unspecified atom stereocenters. The lowest BCUT2D eigenvalue weighted by atomic mass is 10.0. The Morgan fingerprint density at radius 2 is 0.977 bits per heavy atom. The number of nitrogens with zero attached hydrogens (tertiary/aromatic N) is 5. The van der Waals surface area contributed by atoms with Crippen LogP contribution < -0.4 is 0 Å². The molecule has 5 aromatic heterocycles. The van der Waals surface area contributed by atoms with Gasteiger partial charge in [0.15, 0.2) is 0 Å². The molecule has 200 valence electrons. The van der Waals surface area contributed by atoms with Gasteiger partial charge in [0, 0.05) is 56.9 Å². The quantitative estimate of drug-likeness (QED) is 0.202. The van der Waals surface area contributed by atoms with E-state index in [9.17, 15) is 0 Å². The normalized spacial score (nSPS) is 12.2. The molecule has 5 heterocycles. The van der Waals surface area contributed by atoms with Crippen LogP contribution in [0.4, 0.5) is 0 Å². The van der Waals surface area contributed by atoms with Crippen LogP contribution in [0.5, 0.6) is 0 Å². The summed E-state index contributed by atoms with van der Waals surface area (Å²) < 4.78 is 7.02. The lowest BCUT2D eigenvalue weighted by molar-refractivity contribution is 1.15. The second kappa shape index (κ2) is 8.30. The van der Waals surface area contributed by atoms with Crippen LogP contribution in [0.2, 0.25) is 0 Å². The molecule has 0 fully saturated rings. The predicted octanol–water partition coefficient (Wildman–Crippen LogP) is 9.23. The zero-order chi connectivity index (χ0) is 28.1. The summed E-state index contributed by atoms with van der Waals surface area (Å²) >= 11 is 0. The van der Waals surface area contributed by atoms with E-state index in [0.29, 0.717) is 0 Å². The Morgan fingerprint density at radius 3 is 1.77 bits per heavy atom. The van der Waals surface area contributed by atoms with E-state index in [1.807, 2.05) is 24.7 Å². The molecular weight excluding hydrogens is 526 g/mol. The maximum Gasteiger partial charge on any atom is 0.148 e. The van der Waals surface area contributed by atoms with Gasteiger partial charge in [0.2, 0.25) is 0 Å². The van der Waals surface area contributed by atoms with Crippen LogP contribution >= 0.6 is 0 Å². The molecule has 0 aliphatic heterocycles. The maximum atomic E-state index is 4.92. The third kappa shape index (κ3) is 2.90. The maximum absolute atomic E-state index is 4.92. The van der Waals surface area contributed by atoms with Gasteiger partial charge in [0.25, 0.3) is 0 Å². The minimum atomic E-state index is 0.909. The second-order valence-electron chi connectivity index (χ2n) is 11.1. The van der Waals surface area contributed by atoms with Crippen LogP contribution in [0.3, 0.4) is 0 Å². The lowest BCUT2D eigenvalue weighted by Crippen LogP contribution is -1.99. The van der Waals surface area contributed by atoms with Crippen LogP contribution in [0, 0.1) is 0 Å². The highest BCUT2D eigenvalue weighted by atomic mass is 15.1. The Balaban J connectivity index is 1.55. The summed E-state index contributed by atoms with van der Waals surface area (Å²) in [5, 5.41) is 8.27. The fourth-order valence-corrected chi connectivity index (χ4v) is 7.23. The van der Waals surface area contributed by atoms with Gasteiger partial charge < -0.3 is 9.13 Å². The molecule has 0 spiro atoms. The summed E-state index contributed by atoms with van der Waals surface area (Å²) in [5.74, 6) is 0. The summed E-state index contributed by atoms with van der Waals surface area (Å²) in [5.41, 5.74) is 8.80. The molecule has 0 aliphatic carbocycles. The molecule has 0 aliphatic rings. The first-order valence-electron chi connectivity index (χ1n) is 14.5. The van der Waals surface area contributed by atoms with Gasteiger partial charge in [0.05, 0.1) is 27.5 Å². The first kappa shape index (κ1) is 22.7. The number of aromatic nitrogens is 5.